The molecule has 1 heterocycles. The van der Waals surface area contributed by atoms with Crippen molar-refractivity contribution in [3.05, 3.63) is 90.3 Å². The minimum absolute atomic E-state index is 0.0212. The molecule has 1 amide bonds. The molecule has 0 saturated carbocycles. The molecule has 1 N–H and O–H groups in total. The first-order valence-corrected chi connectivity index (χ1v) is 7.88. The third-order valence-corrected chi connectivity index (χ3v) is 3.78. The van der Waals surface area contributed by atoms with Crippen LogP contribution in [0.25, 0.3) is 5.69 Å². The monoisotopic (exact) mass is 304 g/mol. The van der Waals surface area contributed by atoms with Gasteiger partial charge in [-0.3, -0.25) is 4.79 Å². The van der Waals surface area contributed by atoms with E-state index in [-0.39, 0.29) is 5.91 Å². The van der Waals surface area contributed by atoms with E-state index in [4.69, 9.17) is 0 Å². The number of aryl methyl sites for hydroxylation is 1. The average Bonchev–Trinajstić information content (AvgIpc) is 3.14. The van der Waals surface area contributed by atoms with Crippen molar-refractivity contribution in [1.82, 2.24) is 9.88 Å². The fraction of sp³-hybridized carbons (Fsp3) is 0.150. The molecule has 0 atom stereocenters. The lowest BCUT2D eigenvalue weighted by molar-refractivity contribution is 0.0953. The molecule has 0 spiro atoms. The molecule has 1 aromatic heterocycles. The normalized spacial score (nSPS) is 10.4. The first-order chi connectivity index (χ1) is 11.3. The van der Waals surface area contributed by atoms with Crippen LogP contribution in [-0.4, -0.2) is 17.0 Å². The Bertz CT molecular complexity index is 748. The Morgan fingerprint density at radius 2 is 1.70 bits per heavy atom. The van der Waals surface area contributed by atoms with E-state index < -0.39 is 0 Å². The number of aromatic nitrogens is 1. The topological polar surface area (TPSA) is 34.0 Å². The summed E-state index contributed by atoms with van der Waals surface area (Å²) in [5, 5.41) is 2.99. The molecule has 3 heteroatoms. The maximum Gasteiger partial charge on any atom is 0.251 e. The van der Waals surface area contributed by atoms with Crippen LogP contribution in [0.4, 0.5) is 0 Å². The van der Waals surface area contributed by atoms with Crippen LogP contribution in [0.3, 0.4) is 0 Å². The molecule has 0 unspecified atom stereocenters. The Morgan fingerprint density at radius 3 is 2.48 bits per heavy atom. The molecule has 2 aromatic carbocycles. The first-order valence-electron chi connectivity index (χ1n) is 7.88. The molecule has 116 valence electrons. The van der Waals surface area contributed by atoms with Gasteiger partial charge in [0.1, 0.15) is 0 Å². The number of nitrogens with zero attached hydrogens (tertiary/aromatic N) is 1. The minimum atomic E-state index is -0.0212. The second-order valence-corrected chi connectivity index (χ2v) is 5.49. The van der Waals surface area contributed by atoms with Crippen LogP contribution in [-0.2, 0) is 6.42 Å². The lowest BCUT2D eigenvalue weighted by atomic mass is 10.1. The van der Waals surface area contributed by atoms with E-state index in [1.807, 2.05) is 71.6 Å². The fourth-order valence-corrected chi connectivity index (χ4v) is 2.56. The minimum Gasteiger partial charge on any atom is -0.352 e. The third-order valence-electron chi connectivity index (χ3n) is 3.78. The van der Waals surface area contributed by atoms with Crippen molar-refractivity contribution in [2.45, 2.75) is 12.8 Å². The SMILES string of the molecule is O=C(NCCCc1ccccc1)c1cccc(-n2cccc2)c1. The van der Waals surface area contributed by atoms with Crippen LogP contribution < -0.4 is 5.32 Å². The van der Waals surface area contributed by atoms with Crippen molar-refractivity contribution in [2.75, 3.05) is 6.54 Å². The number of amides is 1. The fourth-order valence-electron chi connectivity index (χ4n) is 2.56. The molecular formula is C20H20N2O. The molecule has 3 aromatic rings. The van der Waals surface area contributed by atoms with E-state index in [1.165, 1.54) is 5.56 Å². The first kappa shape index (κ1) is 15.1. The lowest BCUT2D eigenvalue weighted by Crippen LogP contribution is -2.24. The number of benzene rings is 2. The van der Waals surface area contributed by atoms with Crippen molar-refractivity contribution in [2.24, 2.45) is 0 Å². The zero-order valence-electron chi connectivity index (χ0n) is 13.0. The zero-order valence-corrected chi connectivity index (χ0v) is 13.0. The van der Waals surface area contributed by atoms with E-state index in [0.29, 0.717) is 12.1 Å². The van der Waals surface area contributed by atoms with Gasteiger partial charge >= 0.3 is 0 Å². The molecular weight excluding hydrogens is 284 g/mol. The third kappa shape index (κ3) is 4.10. The van der Waals surface area contributed by atoms with Crippen molar-refractivity contribution in [3.63, 3.8) is 0 Å². The van der Waals surface area contributed by atoms with Crippen LogP contribution in [0.1, 0.15) is 22.3 Å². The highest BCUT2D eigenvalue weighted by Gasteiger charge is 2.06. The highest BCUT2D eigenvalue weighted by atomic mass is 16.1. The molecule has 0 aliphatic rings. The van der Waals surface area contributed by atoms with Crippen LogP contribution in [0.15, 0.2) is 79.1 Å². The summed E-state index contributed by atoms with van der Waals surface area (Å²) in [7, 11) is 0. The van der Waals surface area contributed by atoms with Gasteiger partial charge in [0, 0.05) is 30.2 Å². The highest BCUT2D eigenvalue weighted by Crippen LogP contribution is 2.11. The van der Waals surface area contributed by atoms with Crippen molar-refractivity contribution in [1.29, 1.82) is 0 Å². The van der Waals surface area contributed by atoms with E-state index in [0.717, 1.165) is 18.5 Å². The van der Waals surface area contributed by atoms with E-state index in [1.54, 1.807) is 0 Å². The second-order valence-electron chi connectivity index (χ2n) is 5.49. The molecule has 3 nitrogen and oxygen atoms in total. The molecule has 0 saturated heterocycles. The second kappa shape index (κ2) is 7.45. The molecule has 0 aliphatic carbocycles. The maximum absolute atomic E-state index is 12.3. The number of carbonyl (C=O) groups excluding carboxylic acids is 1. The van der Waals surface area contributed by atoms with Crippen molar-refractivity contribution < 1.29 is 4.79 Å². The molecule has 23 heavy (non-hydrogen) atoms. The van der Waals surface area contributed by atoms with Gasteiger partial charge in [0.2, 0.25) is 0 Å². The van der Waals surface area contributed by atoms with Crippen molar-refractivity contribution >= 4 is 5.91 Å². The Kier molecular flexibility index (Phi) is 4.89. The predicted octanol–water partition coefficient (Wildman–Crippen LogP) is 3.84. The molecule has 0 aliphatic heterocycles. The Morgan fingerprint density at radius 1 is 0.913 bits per heavy atom. The van der Waals surface area contributed by atoms with E-state index in [9.17, 15) is 4.79 Å². The van der Waals surface area contributed by atoms with E-state index >= 15 is 0 Å². The van der Waals surface area contributed by atoms with Gasteiger partial charge in [0.25, 0.3) is 5.91 Å². The summed E-state index contributed by atoms with van der Waals surface area (Å²) in [6, 6.07) is 21.9. The summed E-state index contributed by atoms with van der Waals surface area (Å²) in [6.07, 6.45) is 5.85. The van der Waals surface area contributed by atoms with Gasteiger partial charge in [-0.15, -0.1) is 0 Å². The summed E-state index contributed by atoms with van der Waals surface area (Å²) >= 11 is 0. The largest absolute Gasteiger partial charge is 0.352 e. The summed E-state index contributed by atoms with van der Waals surface area (Å²) in [5.74, 6) is -0.0212. The smallest absolute Gasteiger partial charge is 0.251 e. The van der Waals surface area contributed by atoms with Gasteiger partial charge in [0.05, 0.1) is 0 Å². The molecule has 3 rings (SSSR count). The molecule has 0 radical (unpaired) electrons. The summed E-state index contributed by atoms with van der Waals surface area (Å²) in [4.78, 5) is 12.3. The maximum atomic E-state index is 12.3. The predicted molar refractivity (Wildman–Crippen MR) is 92.9 cm³/mol. The van der Waals surface area contributed by atoms with Crippen LogP contribution in [0.5, 0.6) is 0 Å². The number of hydrogen-bond acceptors (Lipinski definition) is 1. The standard InChI is InChI=1S/C20H20N2O/c23-20(21-13-7-10-17-8-2-1-3-9-17)18-11-6-12-19(16-18)22-14-4-5-15-22/h1-6,8-9,11-12,14-16H,7,10,13H2,(H,21,23). The summed E-state index contributed by atoms with van der Waals surface area (Å²) < 4.78 is 1.99. The van der Waals surface area contributed by atoms with E-state index in [2.05, 4.69) is 17.4 Å². The molecule has 0 bridgehead atoms. The quantitative estimate of drug-likeness (QED) is 0.690. The Balaban J connectivity index is 1.53. The lowest BCUT2D eigenvalue weighted by Gasteiger charge is -2.08. The summed E-state index contributed by atoms with van der Waals surface area (Å²) in [5.41, 5.74) is 2.99. The Labute approximate surface area is 136 Å². The number of nitrogens with one attached hydrogen (secondary N) is 1. The number of carbonyl (C=O) groups is 1. The van der Waals surface area contributed by atoms with Crippen LogP contribution in [0.2, 0.25) is 0 Å². The van der Waals surface area contributed by atoms with Crippen LogP contribution >= 0.6 is 0 Å². The van der Waals surface area contributed by atoms with Crippen LogP contribution in [0, 0.1) is 0 Å². The van der Waals surface area contributed by atoms with Gasteiger partial charge in [-0.2, -0.15) is 0 Å². The average molecular weight is 304 g/mol. The number of rotatable bonds is 6. The molecule has 0 fully saturated rings. The van der Waals surface area contributed by atoms with Gasteiger partial charge in [-0.05, 0) is 48.7 Å². The van der Waals surface area contributed by atoms with Gasteiger partial charge in [-0.1, -0.05) is 36.4 Å². The van der Waals surface area contributed by atoms with Gasteiger partial charge in [-0.25, -0.2) is 0 Å². The van der Waals surface area contributed by atoms with Crippen molar-refractivity contribution in [3.8, 4) is 5.69 Å². The Hall–Kier alpha value is -2.81. The summed E-state index contributed by atoms with van der Waals surface area (Å²) in [6.45, 7) is 0.682. The highest BCUT2D eigenvalue weighted by molar-refractivity contribution is 5.94. The number of hydrogen-bond donors (Lipinski definition) is 1. The zero-order chi connectivity index (χ0) is 15.9. The van der Waals surface area contributed by atoms with Gasteiger partial charge in [0.15, 0.2) is 0 Å². The van der Waals surface area contributed by atoms with Gasteiger partial charge < -0.3 is 9.88 Å².